The van der Waals surface area contributed by atoms with E-state index in [9.17, 15) is 14.4 Å². The lowest BCUT2D eigenvalue weighted by Crippen LogP contribution is -2.52. The van der Waals surface area contributed by atoms with Crippen LogP contribution in [-0.2, 0) is 14.3 Å². The Morgan fingerprint density at radius 2 is 1.49 bits per heavy atom. The maximum atomic E-state index is 13.0. The molecule has 204 valence electrons. The lowest BCUT2D eigenvalue weighted by molar-refractivity contribution is -0.134. The predicted octanol–water partition coefficient (Wildman–Crippen LogP) is 3.93. The SMILES string of the molecule is COC(=O)c1cc(Cl)ccc1NC(=O)CN(C)CC(=O)N1CCN(C(c2ccccc2)c2ccccc2)CC1. The Kier molecular flexibility index (Phi) is 9.70. The summed E-state index contributed by atoms with van der Waals surface area (Å²) in [4.78, 5) is 43.7. The molecule has 0 aliphatic carbocycles. The van der Waals surface area contributed by atoms with Gasteiger partial charge in [0.1, 0.15) is 0 Å². The van der Waals surface area contributed by atoms with Crippen molar-refractivity contribution in [2.24, 2.45) is 0 Å². The van der Waals surface area contributed by atoms with E-state index in [0.717, 1.165) is 13.1 Å². The molecule has 1 aliphatic rings. The smallest absolute Gasteiger partial charge is 0.340 e. The molecule has 1 aliphatic heterocycles. The zero-order chi connectivity index (χ0) is 27.8. The summed E-state index contributed by atoms with van der Waals surface area (Å²) in [5.41, 5.74) is 2.92. The first kappa shape index (κ1) is 28.3. The Balaban J connectivity index is 1.31. The number of nitrogens with one attached hydrogen (secondary N) is 1. The number of esters is 1. The summed E-state index contributed by atoms with van der Waals surface area (Å²) in [5, 5.41) is 3.07. The Morgan fingerprint density at radius 1 is 0.897 bits per heavy atom. The second-order valence-electron chi connectivity index (χ2n) is 9.54. The molecule has 0 radical (unpaired) electrons. The summed E-state index contributed by atoms with van der Waals surface area (Å²) in [6.45, 7) is 2.82. The van der Waals surface area contributed by atoms with Gasteiger partial charge in [-0.2, -0.15) is 0 Å². The van der Waals surface area contributed by atoms with Crippen LogP contribution in [-0.4, -0.2) is 85.9 Å². The molecule has 0 atom stereocenters. The van der Waals surface area contributed by atoms with Gasteiger partial charge >= 0.3 is 5.97 Å². The first-order valence-electron chi connectivity index (χ1n) is 12.8. The van der Waals surface area contributed by atoms with Crippen molar-refractivity contribution in [3.05, 3.63) is 101 Å². The summed E-state index contributed by atoms with van der Waals surface area (Å²) in [6.07, 6.45) is 0. The van der Waals surface area contributed by atoms with Crippen molar-refractivity contribution in [2.45, 2.75) is 6.04 Å². The number of carbonyl (C=O) groups is 3. The molecule has 0 saturated carbocycles. The third-order valence-corrected chi connectivity index (χ3v) is 6.98. The number of hydrogen-bond acceptors (Lipinski definition) is 6. The minimum absolute atomic E-state index is 0.0148. The van der Waals surface area contributed by atoms with Gasteiger partial charge in [0.05, 0.1) is 37.5 Å². The highest BCUT2D eigenvalue weighted by Crippen LogP contribution is 2.29. The Labute approximate surface area is 234 Å². The van der Waals surface area contributed by atoms with Crippen LogP contribution in [0.5, 0.6) is 0 Å². The Bertz CT molecular complexity index is 1240. The van der Waals surface area contributed by atoms with E-state index in [2.05, 4.69) is 58.7 Å². The van der Waals surface area contributed by atoms with Crippen molar-refractivity contribution >= 4 is 35.1 Å². The summed E-state index contributed by atoms with van der Waals surface area (Å²) >= 11 is 5.98. The maximum Gasteiger partial charge on any atom is 0.340 e. The zero-order valence-electron chi connectivity index (χ0n) is 22.2. The maximum absolute atomic E-state index is 13.0. The molecule has 3 aromatic carbocycles. The quantitative estimate of drug-likeness (QED) is 0.408. The van der Waals surface area contributed by atoms with Gasteiger partial charge in [-0.05, 0) is 36.4 Å². The summed E-state index contributed by atoms with van der Waals surface area (Å²) in [6, 6.07) is 25.5. The summed E-state index contributed by atoms with van der Waals surface area (Å²) in [7, 11) is 2.98. The fraction of sp³-hybridized carbons (Fsp3) is 0.300. The van der Waals surface area contributed by atoms with E-state index < -0.39 is 5.97 Å². The van der Waals surface area contributed by atoms with Crippen LogP contribution >= 0.6 is 11.6 Å². The minimum Gasteiger partial charge on any atom is -0.465 e. The van der Waals surface area contributed by atoms with Gasteiger partial charge in [0, 0.05) is 31.2 Å². The molecule has 0 spiro atoms. The van der Waals surface area contributed by atoms with Crippen LogP contribution in [0.4, 0.5) is 5.69 Å². The Morgan fingerprint density at radius 3 is 2.05 bits per heavy atom. The predicted molar refractivity (Wildman–Crippen MR) is 152 cm³/mol. The Hall–Kier alpha value is -3.72. The highest BCUT2D eigenvalue weighted by atomic mass is 35.5. The van der Waals surface area contributed by atoms with Gasteiger partial charge in [0.25, 0.3) is 0 Å². The van der Waals surface area contributed by atoms with Crippen molar-refractivity contribution in [1.82, 2.24) is 14.7 Å². The van der Waals surface area contributed by atoms with Crippen LogP contribution < -0.4 is 5.32 Å². The van der Waals surface area contributed by atoms with Crippen LogP contribution in [0, 0.1) is 0 Å². The number of piperazine rings is 1. The van der Waals surface area contributed by atoms with Gasteiger partial charge in [-0.1, -0.05) is 72.3 Å². The molecule has 0 unspecified atom stereocenters. The minimum atomic E-state index is -0.600. The molecule has 0 bridgehead atoms. The second-order valence-corrected chi connectivity index (χ2v) is 9.98. The average Bonchev–Trinajstić information content (AvgIpc) is 2.95. The highest BCUT2D eigenvalue weighted by Gasteiger charge is 2.28. The van der Waals surface area contributed by atoms with Crippen molar-refractivity contribution in [3.63, 3.8) is 0 Å². The average molecular weight is 549 g/mol. The van der Waals surface area contributed by atoms with Gasteiger partial charge in [-0.25, -0.2) is 4.79 Å². The van der Waals surface area contributed by atoms with E-state index >= 15 is 0 Å². The normalized spacial score (nSPS) is 13.9. The number of benzene rings is 3. The van der Waals surface area contributed by atoms with E-state index in [1.165, 1.54) is 24.3 Å². The molecule has 0 aromatic heterocycles. The van der Waals surface area contributed by atoms with Crippen LogP contribution in [0.2, 0.25) is 5.02 Å². The van der Waals surface area contributed by atoms with E-state index in [4.69, 9.17) is 16.3 Å². The fourth-order valence-electron chi connectivity index (χ4n) is 4.84. The lowest BCUT2D eigenvalue weighted by Gasteiger charge is -2.40. The third kappa shape index (κ3) is 7.44. The van der Waals surface area contributed by atoms with Crippen LogP contribution in [0.1, 0.15) is 27.5 Å². The molecule has 1 N–H and O–H groups in total. The number of nitrogens with zero attached hydrogens (tertiary/aromatic N) is 3. The van der Waals surface area contributed by atoms with Crippen LogP contribution in [0.15, 0.2) is 78.9 Å². The largest absolute Gasteiger partial charge is 0.465 e. The first-order valence-corrected chi connectivity index (χ1v) is 13.2. The van der Waals surface area contributed by atoms with E-state index in [1.54, 1.807) is 24.1 Å². The van der Waals surface area contributed by atoms with Crippen molar-refractivity contribution < 1.29 is 19.1 Å². The van der Waals surface area contributed by atoms with Crippen molar-refractivity contribution in [1.29, 1.82) is 0 Å². The molecular formula is C30H33ClN4O4. The standard InChI is InChI=1S/C30H33ClN4O4/c1-33(20-27(36)32-26-14-13-24(31)19-25(26)30(38)39-2)21-28(37)34-15-17-35(18-16-34)29(22-9-5-3-6-10-22)23-11-7-4-8-12-23/h3-14,19,29H,15-18,20-21H2,1-2H3,(H,32,36). The van der Waals surface area contributed by atoms with Crippen LogP contribution in [0.25, 0.3) is 0 Å². The number of halogens is 1. The first-order chi connectivity index (χ1) is 18.9. The molecule has 9 heteroatoms. The van der Waals surface area contributed by atoms with E-state index in [1.807, 2.05) is 17.0 Å². The number of ether oxygens (including phenoxy) is 1. The van der Waals surface area contributed by atoms with E-state index in [0.29, 0.717) is 23.8 Å². The molecule has 2 amide bonds. The second kappa shape index (κ2) is 13.4. The third-order valence-electron chi connectivity index (χ3n) is 6.74. The fourth-order valence-corrected chi connectivity index (χ4v) is 5.01. The topological polar surface area (TPSA) is 82.2 Å². The van der Waals surface area contributed by atoms with Gasteiger partial charge in [0.2, 0.25) is 11.8 Å². The van der Waals surface area contributed by atoms with E-state index in [-0.39, 0.29) is 36.5 Å². The van der Waals surface area contributed by atoms with Crippen molar-refractivity contribution in [2.75, 3.05) is 58.7 Å². The molecule has 8 nitrogen and oxygen atoms in total. The number of rotatable bonds is 9. The van der Waals surface area contributed by atoms with Crippen LogP contribution in [0.3, 0.4) is 0 Å². The number of amides is 2. The van der Waals surface area contributed by atoms with Gasteiger partial charge < -0.3 is 15.0 Å². The zero-order valence-corrected chi connectivity index (χ0v) is 22.9. The van der Waals surface area contributed by atoms with Gasteiger partial charge in [-0.3, -0.25) is 19.4 Å². The highest BCUT2D eigenvalue weighted by molar-refractivity contribution is 6.31. The number of carbonyl (C=O) groups excluding carboxylic acids is 3. The molecule has 1 heterocycles. The number of likely N-dealkylation sites (N-methyl/N-ethyl adjacent to an activating group) is 1. The number of hydrogen-bond donors (Lipinski definition) is 1. The monoisotopic (exact) mass is 548 g/mol. The molecule has 3 aromatic rings. The number of anilines is 1. The van der Waals surface area contributed by atoms with Crippen molar-refractivity contribution in [3.8, 4) is 0 Å². The van der Waals surface area contributed by atoms with Gasteiger partial charge in [-0.15, -0.1) is 0 Å². The summed E-state index contributed by atoms with van der Waals surface area (Å²) in [5.74, 6) is -0.976. The van der Waals surface area contributed by atoms with Gasteiger partial charge in [0.15, 0.2) is 0 Å². The summed E-state index contributed by atoms with van der Waals surface area (Å²) < 4.78 is 4.77. The molecule has 1 saturated heterocycles. The number of methoxy groups -OCH3 is 1. The molecule has 1 fully saturated rings. The lowest BCUT2D eigenvalue weighted by atomic mass is 9.96. The molecule has 39 heavy (non-hydrogen) atoms. The molecular weight excluding hydrogens is 516 g/mol. The molecule has 4 rings (SSSR count).